The number of para-hydroxylation sites is 3. The van der Waals surface area contributed by atoms with Gasteiger partial charge in [-0.05, 0) is 89.5 Å². The predicted octanol–water partition coefficient (Wildman–Crippen LogP) is 13.7. The first kappa shape index (κ1) is 29.3. The van der Waals surface area contributed by atoms with Crippen molar-refractivity contribution in [3.63, 3.8) is 0 Å². The summed E-state index contributed by atoms with van der Waals surface area (Å²) in [6.07, 6.45) is 9.92. The Morgan fingerprint density at radius 1 is 0.490 bits per heavy atom. The van der Waals surface area contributed by atoms with Crippen molar-refractivity contribution in [2.24, 2.45) is 0 Å². The molecule has 8 aromatic rings. The SMILES string of the molecule is C1=CCC(c2cccc(N(c3ccccc3)c3cc(N(c4ccccc4)c4ccccc4)cc4c3sc3ccc5ccccc5c34)c2)C=C1. The van der Waals surface area contributed by atoms with E-state index in [9.17, 15) is 0 Å². The van der Waals surface area contributed by atoms with Gasteiger partial charge < -0.3 is 9.80 Å². The first-order valence-electron chi connectivity index (χ1n) is 16.9. The predicted molar refractivity (Wildman–Crippen MR) is 212 cm³/mol. The molecular formula is C46H34N2S. The van der Waals surface area contributed by atoms with Gasteiger partial charge in [-0.15, -0.1) is 11.3 Å². The molecule has 0 spiro atoms. The highest BCUT2D eigenvalue weighted by Crippen LogP contribution is 2.50. The standard InChI is InChI=1S/C46H34N2S/c1-5-16-33(17-6-1)35-19-15-26-39(30-35)48(38-24-11-4-12-25-38)43-32-40(47(36-20-7-2-8-21-36)37-22-9-3-10-23-37)31-42-45-41-27-14-13-18-34(41)28-29-44(45)49-46(42)43/h1-16,18-33H,17H2. The van der Waals surface area contributed by atoms with Crippen LogP contribution in [-0.2, 0) is 0 Å². The molecular weight excluding hydrogens is 613 g/mol. The Balaban J connectivity index is 1.37. The highest BCUT2D eigenvalue weighted by molar-refractivity contribution is 7.26. The molecule has 0 N–H and O–H groups in total. The van der Waals surface area contributed by atoms with E-state index in [1.54, 1.807) is 0 Å². The molecule has 0 bridgehead atoms. The lowest BCUT2D eigenvalue weighted by molar-refractivity contribution is 0.853. The zero-order valence-corrected chi connectivity index (χ0v) is 27.8. The Labute approximate surface area is 291 Å². The average molecular weight is 647 g/mol. The first-order valence-corrected chi connectivity index (χ1v) is 17.7. The van der Waals surface area contributed by atoms with Gasteiger partial charge in [-0.25, -0.2) is 0 Å². The van der Waals surface area contributed by atoms with Crippen LogP contribution in [0.15, 0.2) is 188 Å². The summed E-state index contributed by atoms with van der Waals surface area (Å²) in [5.74, 6) is 0.358. The van der Waals surface area contributed by atoms with E-state index in [4.69, 9.17) is 0 Å². The molecule has 3 heteroatoms. The zero-order chi connectivity index (χ0) is 32.6. The van der Waals surface area contributed by atoms with Crippen molar-refractivity contribution < 1.29 is 0 Å². The second kappa shape index (κ2) is 12.6. The van der Waals surface area contributed by atoms with Crippen LogP contribution in [0.2, 0.25) is 0 Å². The molecule has 0 fully saturated rings. The van der Waals surface area contributed by atoms with Gasteiger partial charge in [0.2, 0.25) is 0 Å². The number of rotatable bonds is 7. The lowest BCUT2D eigenvalue weighted by atomic mass is 9.92. The van der Waals surface area contributed by atoms with Crippen molar-refractivity contribution in [2.75, 3.05) is 9.80 Å². The van der Waals surface area contributed by atoms with E-state index in [1.165, 1.54) is 36.5 Å². The Morgan fingerprint density at radius 2 is 1.14 bits per heavy atom. The minimum absolute atomic E-state index is 0.358. The zero-order valence-electron chi connectivity index (χ0n) is 27.0. The van der Waals surface area contributed by atoms with Gasteiger partial charge in [0.05, 0.1) is 10.4 Å². The van der Waals surface area contributed by atoms with Gasteiger partial charge in [0.1, 0.15) is 0 Å². The van der Waals surface area contributed by atoms with E-state index in [2.05, 4.69) is 198 Å². The summed E-state index contributed by atoms with van der Waals surface area (Å²) in [4.78, 5) is 4.85. The van der Waals surface area contributed by atoms with Crippen molar-refractivity contribution in [3.05, 3.63) is 194 Å². The second-order valence-corrected chi connectivity index (χ2v) is 13.6. The Kier molecular flexibility index (Phi) is 7.53. The lowest BCUT2D eigenvalue weighted by Crippen LogP contribution is -2.13. The van der Waals surface area contributed by atoms with Crippen LogP contribution in [0, 0.1) is 0 Å². The number of anilines is 6. The minimum Gasteiger partial charge on any atom is -0.310 e. The average Bonchev–Trinajstić information content (AvgIpc) is 3.56. The molecule has 1 aliphatic rings. The van der Waals surface area contributed by atoms with Crippen LogP contribution in [0.3, 0.4) is 0 Å². The third-order valence-corrected chi connectivity index (χ3v) is 10.7. The molecule has 1 aromatic heterocycles. The van der Waals surface area contributed by atoms with Gasteiger partial charge in [-0.3, -0.25) is 0 Å². The number of nitrogens with zero attached hydrogens (tertiary/aromatic N) is 2. The molecule has 1 heterocycles. The van der Waals surface area contributed by atoms with Gasteiger partial charge in [-0.1, -0.05) is 121 Å². The quantitative estimate of drug-likeness (QED) is 0.170. The van der Waals surface area contributed by atoms with Crippen molar-refractivity contribution >= 4 is 76.4 Å². The van der Waals surface area contributed by atoms with Crippen LogP contribution in [-0.4, -0.2) is 0 Å². The monoisotopic (exact) mass is 646 g/mol. The third-order valence-electron chi connectivity index (χ3n) is 9.51. The fourth-order valence-electron chi connectivity index (χ4n) is 7.24. The number of hydrogen-bond acceptors (Lipinski definition) is 3. The van der Waals surface area contributed by atoms with Crippen LogP contribution < -0.4 is 9.80 Å². The summed E-state index contributed by atoms with van der Waals surface area (Å²) in [6, 6.07) is 59.5. The summed E-state index contributed by atoms with van der Waals surface area (Å²) in [5, 5.41) is 5.11. The third kappa shape index (κ3) is 5.39. The summed E-state index contributed by atoms with van der Waals surface area (Å²) in [5.41, 5.74) is 8.12. The molecule has 234 valence electrons. The molecule has 9 rings (SSSR count). The Morgan fingerprint density at radius 3 is 1.84 bits per heavy atom. The molecule has 0 aliphatic heterocycles. The van der Waals surface area contributed by atoms with E-state index in [0.717, 1.165) is 40.5 Å². The highest BCUT2D eigenvalue weighted by Gasteiger charge is 2.24. The maximum atomic E-state index is 2.46. The maximum absolute atomic E-state index is 2.46. The summed E-state index contributed by atoms with van der Waals surface area (Å²) in [6.45, 7) is 0. The van der Waals surface area contributed by atoms with Crippen molar-refractivity contribution in [1.82, 2.24) is 0 Å². The van der Waals surface area contributed by atoms with E-state index in [-0.39, 0.29) is 0 Å². The molecule has 1 atom stereocenters. The van der Waals surface area contributed by atoms with Crippen LogP contribution in [0.25, 0.3) is 30.9 Å². The number of thiophene rings is 1. The summed E-state index contributed by atoms with van der Waals surface area (Å²) < 4.78 is 2.56. The van der Waals surface area contributed by atoms with E-state index >= 15 is 0 Å². The molecule has 0 saturated heterocycles. The van der Waals surface area contributed by atoms with Crippen molar-refractivity contribution in [3.8, 4) is 0 Å². The molecule has 0 amide bonds. The minimum atomic E-state index is 0.358. The molecule has 1 unspecified atom stereocenters. The lowest BCUT2D eigenvalue weighted by Gasteiger charge is -2.30. The first-order chi connectivity index (χ1) is 24.3. The highest BCUT2D eigenvalue weighted by atomic mass is 32.1. The van der Waals surface area contributed by atoms with Gasteiger partial charge in [-0.2, -0.15) is 0 Å². The molecule has 0 radical (unpaired) electrons. The van der Waals surface area contributed by atoms with Gasteiger partial charge in [0, 0.05) is 49.8 Å². The molecule has 2 nitrogen and oxygen atoms in total. The summed E-state index contributed by atoms with van der Waals surface area (Å²) in [7, 11) is 0. The number of hydrogen-bond donors (Lipinski definition) is 0. The summed E-state index contributed by atoms with van der Waals surface area (Å²) >= 11 is 1.88. The molecule has 7 aromatic carbocycles. The van der Waals surface area contributed by atoms with Crippen LogP contribution in [0.4, 0.5) is 34.1 Å². The fourth-order valence-corrected chi connectivity index (χ4v) is 8.44. The number of fused-ring (bicyclic) bond motifs is 5. The van der Waals surface area contributed by atoms with Gasteiger partial charge in [0.15, 0.2) is 0 Å². The van der Waals surface area contributed by atoms with Crippen LogP contribution in [0.1, 0.15) is 17.9 Å². The fraction of sp³-hybridized carbons (Fsp3) is 0.0435. The molecule has 49 heavy (non-hydrogen) atoms. The largest absolute Gasteiger partial charge is 0.310 e. The van der Waals surface area contributed by atoms with Crippen molar-refractivity contribution in [2.45, 2.75) is 12.3 Å². The van der Waals surface area contributed by atoms with Gasteiger partial charge in [0.25, 0.3) is 0 Å². The normalized spacial score (nSPS) is 14.1. The van der Waals surface area contributed by atoms with Gasteiger partial charge >= 0.3 is 0 Å². The van der Waals surface area contributed by atoms with E-state index < -0.39 is 0 Å². The number of benzene rings is 7. The van der Waals surface area contributed by atoms with E-state index in [0.29, 0.717) is 5.92 Å². The smallest absolute Gasteiger partial charge is 0.0661 e. The molecule has 0 saturated carbocycles. The van der Waals surface area contributed by atoms with E-state index in [1.807, 2.05) is 11.3 Å². The Hall–Kier alpha value is -5.90. The number of allylic oxidation sites excluding steroid dienone is 4. The van der Waals surface area contributed by atoms with Crippen molar-refractivity contribution in [1.29, 1.82) is 0 Å². The Bertz CT molecular complexity index is 2440. The maximum Gasteiger partial charge on any atom is 0.0661 e. The topological polar surface area (TPSA) is 6.48 Å². The van der Waals surface area contributed by atoms with Crippen LogP contribution in [0.5, 0.6) is 0 Å². The molecule has 1 aliphatic carbocycles. The van der Waals surface area contributed by atoms with Crippen LogP contribution >= 0.6 is 11.3 Å². The second-order valence-electron chi connectivity index (χ2n) is 12.5.